The van der Waals surface area contributed by atoms with E-state index in [0.29, 0.717) is 19.1 Å². The summed E-state index contributed by atoms with van der Waals surface area (Å²) < 4.78 is 16.6. The highest BCUT2D eigenvalue weighted by Crippen LogP contribution is 2.30. The summed E-state index contributed by atoms with van der Waals surface area (Å²) in [4.78, 5) is 0. The van der Waals surface area contributed by atoms with E-state index in [9.17, 15) is 0 Å². The maximum Gasteiger partial charge on any atom is 0.161 e. The summed E-state index contributed by atoms with van der Waals surface area (Å²) >= 11 is 0. The zero-order valence-corrected chi connectivity index (χ0v) is 11.2. The Morgan fingerprint density at radius 3 is 2.84 bits per heavy atom. The van der Waals surface area contributed by atoms with E-state index in [1.54, 1.807) is 0 Å². The average molecular weight is 263 g/mol. The van der Waals surface area contributed by atoms with E-state index in [-0.39, 0.29) is 0 Å². The largest absolute Gasteiger partial charge is 0.486 e. The molecule has 2 aliphatic rings. The normalized spacial score (nSPS) is 22.2. The van der Waals surface area contributed by atoms with Crippen LogP contribution in [-0.2, 0) is 11.3 Å². The van der Waals surface area contributed by atoms with Crippen LogP contribution in [0.3, 0.4) is 0 Å². The number of nitrogens with one attached hydrogen (secondary N) is 1. The first-order valence-corrected chi connectivity index (χ1v) is 7.09. The molecule has 0 aliphatic carbocycles. The van der Waals surface area contributed by atoms with Crippen LogP contribution in [0.5, 0.6) is 11.5 Å². The summed E-state index contributed by atoms with van der Waals surface area (Å²) in [6.45, 7) is 5.00. The van der Waals surface area contributed by atoms with E-state index < -0.39 is 0 Å². The summed E-state index contributed by atoms with van der Waals surface area (Å²) in [6.07, 6.45) is 2.46. The molecule has 1 unspecified atom stereocenters. The monoisotopic (exact) mass is 263 g/mol. The molecule has 0 bridgehead atoms. The van der Waals surface area contributed by atoms with E-state index in [1.807, 2.05) is 6.07 Å². The van der Waals surface area contributed by atoms with E-state index in [2.05, 4.69) is 17.4 Å². The third kappa shape index (κ3) is 3.39. The minimum Gasteiger partial charge on any atom is -0.486 e. The van der Waals surface area contributed by atoms with Crippen LogP contribution in [0.1, 0.15) is 18.4 Å². The van der Waals surface area contributed by atoms with Gasteiger partial charge in [0, 0.05) is 19.7 Å². The highest BCUT2D eigenvalue weighted by atomic mass is 16.6. The van der Waals surface area contributed by atoms with Crippen molar-refractivity contribution in [2.24, 2.45) is 5.92 Å². The predicted molar refractivity (Wildman–Crippen MR) is 72.7 cm³/mol. The number of fused-ring (bicyclic) bond motifs is 1. The van der Waals surface area contributed by atoms with Crippen LogP contribution in [-0.4, -0.2) is 33.0 Å². The minimum absolute atomic E-state index is 0.642. The molecule has 3 rings (SSSR count). The van der Waals surface area contributed by atoms with Gasteiger partial charge in [0.25, 0.3) is 0 Å². The highest BCUT2D eigenvalue weighted by molar-refractivity contribution is 5.43. The Balaban J connectivity index is 1.49. The van der Waals surface area contributed by atoms with Crippen molar-refractivity contribution < 1.29 is 14.2 Å². The molecule has 1 fully saturated rings. The van der Waals surface area contributed by atoms with Crippen LogP contribution in [0.2, 0.25) is 0 Å². The maximum absolute atomic E-state index is 5.59. The smallest absolute Gasteiger partial charge is 0.161 e. The summed E-state index contributed by atoms with van der Waals surface area (Å²) in [5, 5.41) is 3.50. The second-order valence-electron chi connectivity index (χ2n) is 5.19. The summed E-state index contributed by atoms with van der Waals surface area (Å²) in [5.41, 5.74) is 1.24. The molecule has 1 atom stereocenters. The minimum atomic E-state index is 0.642. The molecule has 1 saturated heterocycles. The molecule has 1 aromatic rings. The Morgan fingerprint density at radius 1 is 1.11 bits per heavy atom. The van der Waals surface area contributed by atoms with Crippen molar-refractivity contribution >= 4 is 0 Å². The Kier molecular flexibility index (Phi) is 4.20. The second kappa shape index (κ2) is 6.26. The van der Waals surface area contributed by atoms with E-state index >= 15 is 0 Å². The SMILES string of the molecule is c1cc2c(cc1CNCC1CCCOC1)OCCO2. The third-order valence-corrected chi connectivity index (χ3v) is 3.62. The molecule has 104 valence electrons. The molecule has 2 heterocycles. The number of benzene rings is 1. The predicted octanol–water partition coefficient (Wildman–Crippen LogP) is 1.97. The van der Waals surface area contributed by atoms with Crippen molar-refractivity contribution in [1.29, 1.82) is 0 Å². The fraction of sp³-hybridized carbons (Fsp3) is 0.600. The number of rotatable bonds is 4. The molecule has 2 aliphatic heterocycles. The molecule has 19 heavy (non-hydrogen) atoms. The van der Waals surface area contributed by atoms with Gasteiger partial charge in [-0.1, -0.05) is 6.07 Å². The van der Waals surface area contributed by atoms with Gasteiger partial charge in [0.1, 0.15) is 13.2 Å². The number of hydrogen-bond acceptors (Lipinski definition) is 4. The molecule has 0 saturated carbocycles. The topological polar surface area (TPSA) is 39.7 Å². The van der Waals surface area contributed by atoms with Crippen LogP contribution in [0.4, 0.5) is 0 Å². The van der Waals surface area contributed by atoms with Crippen LogP contribution in [0, 0.1) is 5.92 Å². The first-order chi connectivity index (χ1) is 9.42. The lowest BCUT2D eigenvalue weighted by molar-refractivity contribution is 0.0547. The van der Waals surface area contributed by atoms with Crippen LogP contribution in [0.25, 0.3) is 0 Å². The molecule has 0 amide bonds. The van der Waals surface area contributed by atoms with Gasteiger partial charge >= 0.3 is 0 Å². The second-order valence-corrected chi connectivity index (χ2v) is 5.19. The lowest BCUT2D eigenvalue weighted by atomic mass is 10.0. The van der Waals surface area contributed by atoms with Gasteiger partial charge in [0.05, 0.1) is 6.61 Å². The number of ether oxygens (including phenoxy) is 3. The molecule has 1 aromatic carbocycles. The first-order valence-electron chi connectivity index (χ1n) is 7.09. The highest BCUT2D eigenvalue weighted by Gasteiger charge is 2.14. The fourth-order valence-electron chi connectivity index (χ4n) is 2.59. The van der Waals surface area contributed by atoms with Crippen molar-refractivity contribution in [3.8, 4) is 11.5 Å². The Morgan fingerprint density at radius 2 is 2.00 bits per heavy atom. The summed E-state index contributed by atoms with van der Waals surface area (Å²) in [5.74, 6) is 2.38. The third-order valence-electron chi connectivity index (χ3n) is 3.62. The zero-order valence-electron chi connectivity index (χ0n) is 11.2. The van der Waals surface area contributed by atoms with Crippen LogP contribution < -0.4 is 14.8 Å². The van der Waals surface area contributed by atoms with Gasteiger partial charge in [-0.3, -0.25) is 0 Å². The van der Waals surface area contributed by atoms with E-state index in [1.165, 1.54) is 18.4 Å². The molecular formula is C15H21NO3. The molecule has 0 aromatic heterocycles. The van der Waals surface area contributed by atoms with E-state index in [0.717, 1.165) is 37.8 Å². The fourth-order valence-corrected chi connectivity index (χ4v) is 2.59. The average Bonchev–Trinajstić information content (AvgIpc) is 2.48. The molecule has 0 radical (unpaired) electrons. The van der Waals surface area contributed by atoms with Crippen molar-refractivity contribution in [2.75, 3.05) is 33.0 Å². The van der Waals surface area contributed by atoms with Crippen molar-refractivity contribution in [3.63, 3.8) is 0 Å². The lowest BCUT2D eigenvalue weighted by Gasteiger charge is -2.22. The summed E-state index contributed by atoms with van der Waals surface area (Å²) in [6, 6.07) is 6.16. The van der Waals surface area contributed by atoms with Crippen LogP contribution >= 0.6 is 0 Å². The zero-order chi connectivity index (χ0) is 12.9. The quantitative estimate of drug-likeness (QED) is 0.901. The Labute approximate surface area is 114 Å². The number of hydrogen-bond donors (Lipinski definition) is 1. The van der Waals surface area contributed by atoms with Gasteiger partial charge in [0.2, 0.25) is 0 Å². The first kappa shape index (κ1) is 12.8. The van der Waals surface area contributed by atoms with Gasteiger partial charge in [-0.15, -0.1) is 0 Å². The van der Waals surface area contributed by atoms with Gasteiger partial charge in [-0.25, -0.2) is 0 Å². The van der Waals surface area contributed by atoms with Gasteiger partial charge < -0.3 is 19.5 Å². The molecule has 4 nitrogen and oxygen atoms in total. The Hall–Kier alpha value is -1.26. The molecule has 0 spiro atoms. The van der Waals surface area contributed by atoms with Gasteiger partial charge in [-0.2, -0.15) is 0 Å². The van der Waals surface area contributed by atoms with Gasteiger partial charge in [0.15, 0.2) is 11.5 Å². The Bertz CT molecular complexity index is 416. The standard InChI is InChI=1S/C15H21NO3/c1-2-13(11-17-5-1)10-16-9-12-3-4-14-15(8-12)19-7-6-18-14/h3-4,8,13,16H,1-2,5-7,9-11H2. The maximum atomic E-state index is 5.59. The van der Waals surface area contributed by atoms with Crippen molar-refractivity contribution in [2.45, 2.75) is 19.4 Å². The van der Waals surface area contributed by atoms with Crippen molar-refractivity contribution in [1.82, 2.24) is 5.32 Å². The molecule has 4 heteroatoms. The van der Waals surface area contributed by atoms with E-state index in [4.69, 9.17) is 14.2 Å². The molecular weight excluding hydrogens is 242 g/mol. The van der Waals surface area contributed by atoms with Crippen molar-refractivity contribution in [3.05, 3.63) is 23.8 Å². The van der Waals surface area contributed by atoms with Gasteiger partial charge in [-0.05, 0) is 36.5 Å². The molecule has 1 N–H and O–H groups in total. The lowest BCUT2D eigenvalue weighted by Crippen LogP contribution is -2.28. The summed E-state index contributed by atoms with van der Waals surface area (Å²) in [7, 11) is 0. The van der Waals surface area contributed by atoms with Crippen LogP contribution in [0.15, 0.2) is 18.2 Å².